The van der Waals surface area contributed by atoms with Crippen LogP contribution in [0.3, 0.4) is 0 Å². The van der Waals surface area contributed by atoms with Crippen molar-refractivity contribution in [1.29, 1.82) is 0 Å². The van der Waals surface area contributed by atoms with E-state index in [1.165, 1.54) is 0 Å². The van der Waals surface area contributed by atoms with E-state index in [1.807, 2.05) is 0 Å². The number of rotatable bonds is 7. The van der Waals surface area contributed by atoms with Gasteiger partial charge in [0.25, 0.3) is 0 Å². The van der Waals surface area contributed by atoms with E-state index in [4.69, 9.17) is 25.5 Å². The molecule has 132 valence electrons. The SMILES string of the molecule is O=C(O)c1ccc(OC(=O)C(C(=O)O)(C(=O)O)C(=O)O)cc1C(=O)O. The molecule has 0 aliphatic rings. The molecule has 0 atom stereocenters. The van der Waals surface area contributed by atoms with Gasteiger partial charge >= 0.3 is 41.2 Å². The van der Waals surface area contributed by atoms with Gasteiger partial charge in [0.05, 0.1) is 11.1 Å². The molecule has 12 nitrogen and oxygen atoms in total. The summed E-state index contributed by atoms with van der Waals surface area (Å²) in [6.45, 7) is 0. The number of hydrogen-bond acceptors (Lipinski definition) is 7. The standard InChI is InChI=1S/C13H8O12/c14-7(15)5-2-1-4(3-6(5)8(16)17)25-12(24)13(9(18)19,10(20)21)11(22)23/h1-3H,(H,14,15)(H,16,17)(H,18,19)(H,20,21)(H,22,23). The first-order valence-electron chi connectivity index (χ1n) is 5.99. The molecule has 1 rings (SSSR count). The highest BCUT2D eigenvalue weighted by Gasteiger charge is 2.63. The molecule has 1 aromatic rings. The number of benzene rings is 1. The van der Waals surface area contributed by atoms with E-state index in [1.54, 1.807) is 0 Å². The van der Waals surface area contributed by atoms with Gasteiger partial charge in [-0.25, -0.2) is 28.8 Å². The Morgan fingerprint density at radius 1 is 0.720 bits per heavy atom. The normalized spacial score (nSPS) is 10.6. The number of carbonyl (C=O) groups excluding carboxylic acids is 1. The van der Waals surface area contributed by atoms with Crippen LogP contribution in [0.25, 0.3) is 0 Å². The average molecular weight is 356 g/mol. The summed E-state index contributed by atoms with van der Waals surface area (Å²) in [6, 6.07) is 1.92. The molecule has 5 N–H and O–H groups in total. The highest BCUT2D eigenvalue weighted by atomic mass is 16.5. The van der Waals surface area contributed by atoms with Gasteiger partial charge in [0.15, 0.2) is 0 Å². The maximum Gasteiger partial charge on any atom is 0.355 e. The third kappa shape index (κ3) is 3.21. The van der Waals surface area contributed by atoms with Crippen molar-refractivity contribution in [3.63, 3.8) is 0 Å². The Morgan fingerprint density at radius 2 is 1.16 bits per heavy atom. The summed E-state index contributed by atoms with van der Waals surface area (Å²) in [5, 5.41) is 44.3. The second kappa shape index (κ2) is 6.66. The smallest absolute Gasteiger partial charge is 0.355 e. The Bertz CT molecular complexity index is 769. The largest absolute Gasteiger partial charge is 0.480 e. The second-order valence-electron chi connectivity index (χ2n) is 4.37. The fraction of sp³-hybridized carbons (Fsp3) is 0.0769. The van der Waals surface area contributed by atoms with Crippen LogP contribution in [-0.2, 0) is 19.2 Å². The van der Waals surface area contributed by atoms with Gasteiger partial charge in [-0.2, -0.15) is 0 Å². The van der Waals surface area contributed by atoms with Gasteiger partial charge < -0.3 is 30.3 Å². The molecular weight excluding hydrogens is 348 g/mol. The molecule has 12 heteroatoms. The lowest BCUT2D eigenvalue weighted by molar-refractivity contribution is -0.182. The molecule has 0 aliphatic carbocycles. The number of aromatic carboxylic acids is 2. The molecule has 0 heterocycles. The van der Waals surface area contributed by atoms with E-state index in [0.29, 0.717) is 12.1 Å². The lowest BCUT2D eigenvalue weighted by atomic mass is 9.88. The lowest BCUT2D eigenvalue weighted by Crippen LogP contribution is -2.54. The van der Waals surface area contributed by atoms with Crippen LogP contribution >= 0.6 is 0 Å². The van der Waals surface area contributed by atoms with E-state index in [9.17, 15) is 28.8 Å². The molecule has 0 bridgehead atoms. The quantitative estimate of drug-likeness (QED) is 0.231. The molecule has 0 aromatic heterocycles. The molecule has 0 amide bonds. The van der Waals surface area contributed by atoms with Crippen LogP contribution in [0, 0.1) is 5.41 Å². The van der Waals surface area contributed by atoms with Gasteiger partial charge in [0, 0.05) is 0 Å². The summed E-state index contributed by atoms with van der Waals surface area (Å²) in [7, 11) is 0. The fourth-order valence-corrected chi connectivity index (χ4v) is 1.67. The van der Waals surface area contributed by atoms with Crippen LogP contribution in [-0.4, -0.2) is 61.3 Å². The minimum atomic E-state index is -3.99. The molecule has 1 aromatic carbocycles. The highest BCUT2D eigenvalue weighted by molar-refractivity contribution is 6.31. The van der Waals surface area contributed by atoms with Gasteiger partial charge in [0.2, 0.25) is 0 Å². The first-order valence-corrected chi connectivity index (χ1v) is 5.99. The second-order valence-corrected chi connectivity index (χ2v) is 4.37. The molecule has 0 saturated heterocycles. The number of esters is 1. The number of ether oxygens (including phenoxy) is 1. The molecule has 0 aliphatic heterocycles. The first kappa shape index (κ1) is 19.1. The number of carbonyl (C=O) groups is 6. The molecule has 25 heavy (non-hydrogen) atoms. The van der Waals surface area contributed by atoms with Gasteiger partial charge in [-0.3, -0.25) is 0 Å². The zero-order valence-electron chi connectivity index (χ0n) is 11.8. The van der Waals surface area contributed by atoms with Gasteiger partial charge in [-0.15, -0.1) is 0 Å². The molecule has 0 spiro atoms. The lowest BCUT2D eigenvalue weighted by Gasteiger charge is -2.18. The van der Waals surface area contributed by atoms with Gasteiger partial charge in [0.1, 0.15) is 5.75 Å². The number of hydrogen-bond donors (Lipinski definition) is 5. The van der Waals surface area contributed by atoms with Crippen molar-refractivity contribution in [2.45, 2.75) is 0 Å². The zero-order valence-corrected chi connectivity index (χ0v) is 11.8. The summed E-state index contributed by atoms with van der Waals surface area (Å²) in [6.07, 6.45) is 0. The Morgan fingerprint density at radius 3 is 1.52 bits per heavy atom. The average Bonchev–Trinajstić information content (AvgIpc) is 2.45. The molecule has 0 unspecified atom stereocenters. The summed E-state index contributed by atoms with van der Waals surface area (Å²) >= 11 is 0. The van der Waals surface area contributed by atoms with E-state index >= 15 is 0 Å². The van der Waals surface area contributed by atoms with Crippen LogP contribution in [0.2, 0.25) is 0 Å². The number of carboxylic acids is 5. The van der Waals surface area contributed by atoms with Crippen molar-refractivity contribution < 1.29 is 59.0 Å². The fourth-order valence-electron chi connectivity index (χ4n) is 1.67. The Labute approximate surface area is 136 Å². The maximum absolute atomic E-state index is 11.8. The van der Waals surface area contributed by atoms with Crippen LogP contribution in [0.1, 0.15) is 20.7 Å². The van der Waals surface area contributed by atoms with Crippen molar-refractivity contribution in [3.8, 4) is 5.75 Å². The van der Waals surface area contributed by atoms with Crippen LogP contribution in [0.15, 0.2) is 18.2 Å². The van der Waals surface area contributed by atoms with Crippen LogP contribution in [0.4, 0.5) is 0 Å². The van der Waals surface area contributed by atoms with Gasteiger partial charge in [-0.05, 0) is 18.2 Å². The zero-order chi connectivity index (χ0) is 19.5. The summed E-state index contributed by atoms with van der Waals surface area (Å²) in [5.41, 5.74) is -5.55. The molecular formula is C13H8O12. The monoisotopic (exact) mass is 356 g/mol. The van der Waals surface area contributed by atoms with Crippen molar-refractivity contribution in [1.82, 2.24) is 0 Å². The van der Waals surface area contributed by atoms with Crippen LogP contribution < -0.4 is 4.74 Å². The van der Waals surface area contributed by atoms with E-state index in [2.05, 4.69) is 4.74 Å². The first-order chi connectivity index (χ1) is 11.5. The summed E-state index contributed by atoms with van der Waals surface area (Å²) in [4.78, 5) is 66.8. The summed E-state index contributed by atoms with van der Waals surface area (Å²) in [5.74, 6) is -14.0. The predicted molar refractivity (Wildman–Crippen MR) is 71.3 cm³/mol. The highest BCUT2D eigenvalue weighted by Crippen LogP contribution is 2.25. The third-order valence-electron chi connectivity index (χ3n) is 2.93. The number of aliphatic carboxylic acids is 3. The Kier molecular flexibility index (Phi) is 5.08. The van der Waals surface area contributed by atoms with E-state index in [-0.39, 0.29) is 0 Å². The van der Waals surface area contributed by atoms with Crippen molar-refractivity contribution >= 4 is 35.8 Å². The van der Waals surface area contributed by atoms with Crippen LogP contribution in [0.5, 0.6) is 5.75 Å². The van der Waals surface area contributed by atoms with Crippen molar-refractivity contribution in [2.24, 2.45) is 5.41 Å². The third-order valence-corrected chi connectivity index (χ3v) is 2.93. The van der Waals surface area contributed by atoms with E-state index < -0.39 is 58.1 Å². The Hall–Kier alpha value is -3.96. The minimum Gasteiger partial charge on any atom is -0.480 e. The number of carboxylic acid groups (broad SMARTS) is 5. The topological polar surface area (TPSA) is 213 Å². The van der Waals surface area contributed by atoms with Gasteiger partial charge in [-0.1, -0.05) is 0 Å². The molecule has 0 fully saturated rings. The minimum absolute atomic E-state index is 0.500. The predicted octanol–water partition coefficient (Wildman–Crippen LogP) is -0.771. The van der Waals surface area contributed by atoms with Crippen molar-refractivity contribution in [2.75, 3.05) is 0 Å². The molecule has 0 saturated carbocycles. The maximum atomic E-state index is 11.8. The Balaban J connectivity index is 3.40. The molecule has 0 radical (unpaired) electrons. The van der Waals surface area contributed by atoms with Crippen molar-refractivity contribution in [3.05, 3.63) is 29.3 Å². The van der Waals surface area contributed by atoms with E-state index in [0.717, 1.165) is 6.07 Å². The summed E-state index contributed by atoms with van der Waals surface area (Å²) < 4.78 is 4.35.